The van der Waals surface area contributed by atoms with Gasteiger partial charge in [-0.3, -0.25) is 9.68 Å². The van der Waals surface area contributed by atoms with Gasteiger partial charge in [0.2, 0.25) is 0 Å². The smallest absolute Gasteiger partial charge is 0.275 e. The van der Waals surface area contributed by atoms with Crippen molar-refractivity contribution >= 4 is 6.03 Å². The van der Waals surface area contributed by atoms with Gasteiger partial charge in [0.1, 0.15) is 0 Å². The first-order valence-corrected chi connectivity index (χ1v) is 4.46. The molecule has 0 aliphatic heterocycles. The van der Waals surface area contributed by atoms with Crippen molar-refractivity contribution < 1.29 is 14.5 Å². The Morgan fingerprint density at radius 1 is 1.33 bits per heavy atom. The maximum Gasteiger partial charge on any atom is 0.365 e. The Labute approximate surface area is 88.5 Å². The number of carbonyl (C=O) groups excluding carboxylic acids is 1. The van der Waals surface area contributed by atoms with Gasteiger partial charge in [-0.1, -0.05) is 30.3 Å². The molecule has 0 spiro atoms. The Hall–Kier alpha value is -1.59. The highest BCUT2D eigenvalue weighted by molar-refractivity contribution is 5.71. The minimum atomic E-state index is -0.441. The maximum atomic E-state index is 11.3. The highest BCUT2D eigenvalue weighted by Crippen LogP contribution is 2.04. The van der Waals surface area contributed by atoms with Crippen molar-refractivity contribution in [1.29, 1.82) is 0 Å². The van der Waals surface area contributed by atoms with E-state index in [-0.39, 0.29) is 0 Å². The summed E-state index contributed by atoms with van der Waals surface area (Å²) in [5, 5.41) is 1.17. The number of benzene rings is 1. The van der Waals surface area contributed by atoms with Crippen LogP contribution in [0.4, 0.5) is 4.79 Å². The second-order valence-electron chi connectivity index (χ2n) is 2.82. The molecule has 0 saturated heterocycles. The average molecular weight is 210 g/mol. The third kappa shape index (κ3) is 3.57. The van der Waals surface area contributed by atoms with E-state index < -0.39 is 6.03 Å². The van der Waals surface area contributed by atoms with Gasteiger partial charge < -0.3 is 0 Å². The van der Waals surface area contributed by atoms with Crippen molar-refractivity contribution in [2.75, 3.05) is 14.2 Å². The van der Waals surface area contributed by atoms with Crippen molar-refractivity contribution in [2.24, 2.45) is 0 Å². The number of amides is 2. The number of hydroxylamine groups is 3. The van der Waals surface area contributed by atoms with Crippen molar-refractivity contribution in [3.8, 4) is 0 Å². The third-order valence-electron chi connectivity index (χ3n) is 1.81. The molecular formula is C10H14N2O3. The quantitative estimate of drug-likeness (QED) is 0.762. The first-order valence-electron chi connectivity index (χ1n) is 4.46. The summed E-state index contributed by atoms with van der Waals surface area (Å²) in [5.74, 6) is 0. The summed E-state index contributed by atoms with van der Waals surface area (Å²) in [7, 11) is 2.80. The molecule has 5 heteroatoms. The molecule has 15 heavy (non-hydrogen) atoms. The summed E-state index contributed by atoms with van der Waals surface area (Å²) in [5.41, 5.74) is 3.16. The summed E-state index contributed by atoms with van der Waals surface area (Å²) in [6.07, 6.45) is 0. The van der Waals surface area contributed by atoms with Crippen LogP contribution >= 0.6 is 0 Å². The highest BCUT2D eigenvalue weighted by Gasteiger charge is 2.12. The molecule has 1 N–H and O–H groups in total. The van der Waals surface area contributed by atoms with Gasteiger partial charge in [0, 0.05) is 0 Å². The van der Waals surface area contributed by atoms with Crippen LogP contribution < -0.4 is 5.48 Å². The van der Waals surface area contributed by atoms with E-state index in [1.165, 1.54) is 19.3 Å². The van der Waals surface area contributed by atoms with Crippen LogP contribution in [0.5, 0.6) is 0 Å². The predicted molar refractivity (Wildman–Crippen MR) is 54.5 cm³/mol. The number of rotatable bonds is 4. The minimum absolute atomic E-state index is 0.368. The molecule has 0 aliphatic rings. The third-order valence-corrected chi connectivity index (χ3v) is 1.81. The molecule has 0 radical (unpaired) electrons. The molecule has 0 saturated carbocycles. The van der Waals surface area contributed by atoms with Gasteiger partial charge in [-0.25, -0.2) is 10.3 Å². The summed E-state index contributed by atoms with van der Waals surface area (Å²) in [6.45, 7) is 0.368. The number of nitrogens with one attached hydrogen (secondary N) is 1. The van der Waals surface area contributed by atoms with Crippen molar-refractivity contribution in [1.82, 2.24) is 10.5 Å². The SMILES string of the molecule is CONC(=O)N(Cc1ccccc1)OC. The van der Waals surface area contributed by atoms with Gasteiger partial charge in [0.05, 0.1) is 20.8 Å². The number of carbonyl (C=O) groups is 1. The molecule has 0 bridgehead atoms. The van der Waals surface area contributed by atoms with Gasteiger partial charge in [-0.15, -0.1) is 0 Å². The molecule has 0 unspecified atom stereocenters. The standard InChI is InChI=1S/C10H14N2O3/c1-14-11-10(13)12(15-2)8-9-6-4-3-5-7-9/h3-7H,8H2,1-2H3,(H,11,13). The average Bonchev–Trinajstić information content (AvgIpc) is 2.27. The number of hydrogen-bond donors (Lipinski definition) is 1. The van der Waals surface area contributed by atoms with Crippen LogP contribution in [0.3, 0.4) is 0 Å². The van der Waals surface area contributed by atoms with E-state index in [1.54, 1.807) is 0 Å². The molecule has 0 heterocycles. The van der Waals surface area contributed by atoms with Crippen molar-refractivity contribution in [2.45, 2.75) is 6.54 Å². The van der Waals surface area contributed by atoms with Crippen LogP contribution in [0.1, 0.15) is 5.56 Å². The molecule has 0 aromatic heterocycles. The van der Waals surface area contributed by atoms with E-state index in [4.69, 9.17) is 4.84 Å². The van der Waals surface area contributed by atoms with E-state index in [0.717, 1.165) is 5.56 Å². The molecule has 5 nitrogen and oxygen atoms in total. The zero-order chi connectivity index (χ0) is 11.1. The molecule has 0 aliphatic carbocycles. The van der Waals surface area contributed by atoms with Gasteiger partial charge in [-0.2, -0.15) is 5.06 Å². The van der Waals surface area contributed by atoms with Gasteiger partial charge in [0.15, 0.2) is 0 Å². The lowest BCUT2D eigenvalue weighted by Gasteiger charge is -2.19. The Kier molecular flexibility index (Phi) is 4.59. The summed E-state index contributed by atoms with van der Waals surface area (Å²) in [4.78, 5) is 20.8. The van der Waals surface area contributed by atoms with Crippen LogP contribution in [-0.2, 0) is 16.2 Å². The number of urea groups is 1. The lowest BCUT2D eigenvalue weighted by Crippen LogP contribution is -2.38. The van der Waals surface area contributed by atoms with E-state index in [0.29, 0.717) is 6.54 Å². The van der Waals surface area contributed by atoms with E-state index in [9.17, 15) is 4.79 Å². The second-order valence-corrected chi connectivity index (χ2v) is 2.82. The predicted octanol–water partition coefficient (Wildman–Crippen LogP) is 1.32. The maximum absolute atomic E-state index is 11.3. The fourth-order valence-electron chi connectivity index (χ4n) is 1.11. The molecular weight excluding hydrogens is 196 g/mol. The number of hydrogen-bond acceptors (Lipinski definition) is 3. The van der Waals surface area contributed by atoms with Crippen LogP contribution in [0.25, 0.3) is 0 Å². The first-order chi connectivity index (χ1) is 7.27. The van der Waals surface area contributed by atoms with Crippen LogP contribution in [0.15, 0.2) is 30.3 Å². The zero-order valence-corrected chi connectivity index (χ0v) is 8.77. The summed E-state index contributed by atoms with van der Waals surface area (Å²) in [6, 6.07) is 9.09. The lowest BCUT2D eigenvalue weighted by molar-refractivity contribution is -0.104. The van der Waals surface area contributed by atoms with Crippen molar-refractivity contribution in [3.05, 3.63) is 35.9 Å². The van der Waals surface area contributed by atoms with Gasteiger partial charge >= 0.3 is 6.03 Å². The van der Waals surface area contributed by atoms with Crippen LogP contribution in [0.2, 0.25) is 0 Å². The first kappa shape index (κ1) is 11.5. The molecule has 82 valence electrons. The zero-order valence-electron chi connectivity index (χ0n) is 8.77. The topological polar surface area (TPSA) is 50.8 Å². The van der Waals surface area contributed by atoms with Crippen LogP contribution in [-0.4, -0.2) is 25.3 Å². The van der Waals surface area contributed by atoms with E-state index in [2.05, 4.69) is 10.3 Å². The second kappa shape index (κ2) is 6.00. The Morgan fingerprint density at radius 2 is 2.00 bits per heavy atom. The summed E-state index contributed by atoms with van der Waals surface area (Å²) >= 11 is 0. The molecule has 2 amide bonds. The largest absolute Gasteiger partial charge is 0.365 e. The molecule has 1 aromatic carbocycles. The fraction of sp³-hybridized carbons (Fsp3) is 0.300. The van der Waals surface area contributed by atoms with Gasteiger partial charge in [0.25, 0.3) is 0 Å². The monoisotopic (exact) mass is 210 g/mol. The summed E-state index contributed by atoms with van der Waals surface area (Å²) < 4.78 is 0. The number of nitrogens with zero attached hydrogens (tertiary/aromatic N) is 1. The molecule has 0 fully saturated rings. The molecule has 1 aromatic rings. The van der Waals surface area contributed by atoms with E-state index >= 15 is 0 Å². The van der Waals surface area contributed by atoms with Gasteiger partial charge in [-0.05, 0) is 5.56 Å². The van der Waals surface area contributed by atoms with Crippen LogP contribution in [0, 0.1) is 0 Å². The highest BCUT2D eigenvalue weighted by atomic mass is 16.7. The Bertz CT molecular complexity index is 303. The van der Waals surface area contributed by atoms with E-state index in [1.807, 2.05) is 30.3 Å². The Morgan fingerprint density at radius 3 is 2.53 bits per heavy atom. The molecule has 0 atom stereocenters. The molecule has 1 rings (SSSR count). The normalized spacial score (nSPS) is 9.73. The fourth-order valence-corrected chi connectivity index (χ4v) is 1.11. The van der Waals surface area contributed by atoms with Crippen molar-refractivity contribution in [3.63, 3.8) is 0 Å². The lowest BCUT2D eigenvalue weighted by atomic mass is 10.2. The minimum Gasteiger partial charge on any atom is -0.275 e. The Balaban J connectivity index is 2.58.